The molecule has 3 rings (SSSR count). The second kappa shape index (κ2) is 5.76. The molecule has 0 saturated heterocycles. The van der Waals surface area contributed by atoms with Gasteiger partial charge in [0.15, 0.2) is 0 Å². The maximum atomic E-state index is 5.57. The van der Waals surface area contributed by atoms with Crippen molar-refractivity contribution in [3.8, 4) is 10.8 Å². The molecule has 104 valence electrons. The fraction of sp³-hybridized carbons (Fsp3) is 0.333. The lowest BCUT2D eigenvalue weighted by molar-refractivity contribution is 0.442. The molecular formula is C12H12N4O2S2. The molecule has 3 heterocycles. The smallest absolute Gasteiger partial charge is 0.277 e. The summed E-state index contributed by atoms with van der Waals surface area (Å²) in [5.41, 5.74) is 0. The Morgan fingerprint density at radius 1 is 1.20 bits per heavy atom. The largest absolute Gasteiger partial charge is 0.424 e. The first kappa shape index (κ1) is 13.3. The highest BCUT2D eigenvalue weighted by atomic mass is 32.2. The van der Waals surface area contributed by atoms with Crippen molar-refractivity contribution in [2.45, 2.75) is 30.7 Å². The number of aromatic nitrogens is 4. The summed E-state index contributed by atoms with van der Waals surface area (Å²) in [6.07, 6.45) is 0. The highest BCUT2D eigenvalue weighted by Gasteiger charge is 2.13. The van der Waals surface area contributed by atoms with Gasteiger partial charge in [0, 0.05) is 5.92 Å². The third-order valence-electron chi connectivity index (χ3n) is 2.43. The molecule has 0 fully saturated rings. The van der Waals surface area contributed by atoms with Crippen LogP contribution in [0.15, 0.2) is 31.6 Å². The van der Waals surface area contributed by atoms with Gasteiger partial charge in [0.2, 0.25) is 11.8 Å². The molecule has 0 aromatic carbocycles. The maximum absolute atomic E-state index is 5.57. The van der Waals surface area contributed by atoms with E-state index in [1.165, 1.54) is 11.8 Å². The molecule has 0 radical (unpaired) electrons. The summed E-state index contributed by atoms with van der Waals surface area (Å²) in [7, 11) is 0. The molecule has 0 N–H and O–H groups in total. The van der Waals surface area contributed by atoms with Crippen molar-refractivity contribution in [3.05, 3.63) is 29.3 Å². The molecule has 0 amide bonds. The monoisotopic (exact) mass is 308 g/mol. The average molecular weight is 308 g/mol. The Hall–Kier alpha value is -1.67. The minimum Gasteiger partial charge on any atom is -0.424 e. The Kier molecular flexibility index (Phi) is 3.83. The van der Waals surface area contributed by atoms with Crippen LogP contribution in [0.3, 0.4) is 0 Å². The second-order valence-electron chi connectivity index (χ2n) is 4.33. The quantitative estimate of drug-likeness (QED) is 0.666. The fourth-order valence-corrected chi connectivity index (χ4v) is 2.69. The van der Waals surface area contributed by atoms with Crippen LogP contribution < -0.4 is 0 Å². The number of hydrogen-bond donors (Lipinski definition) is 0. The van der Waals surface area contributed by atoms with Crippen LogP contribution in [-0.4, -0.2) is 20.4 Å². The minimum atomic E-state index is 0.232. The number of hydrogen-bond acceptors (Lipinski definition) is 8. The Balaban J connectivity index is 1.63. The van der Waals surface area contributed by atoms with Gasteiger partial charge in [-0.1, -0.05) is 31.7 Å². The molecule has 0 saturated carbocycles. The SMILES string of the molecule is CC(C)c1nnc(CSc2nnc(-c3cccs3)o2)o1. The number of rotatable bonds is 5. The normalized spacial score (nSPS) is 11.3. The van der Waals surface area contributed by atoms with Crippen LogP contribution in [0.1, 0.15) is 31.5 Å². The Morgan fingerprint density at radius 2 is 2.10 bits per heavy atom. The summed E-state index contributed by atoms with van der Waals surface area (Å²) in [5.74, 6) is 2.50. The van der Waals surface area contributed by atoms with E-state index in [1.54, 1.807) is 11.3 Å². The highest BCUT2D eigenvalue weighted by Crippen LogP contribution is 2.28. The highest BCUT2D eigenvalue weighted by molar-refractivity contribution is 7.98. The average Bonchev–Trinajstić information content (AvgIpc) is 3.17. The van der Waals surface area contributed by atoms with Crippen molar-refractivity contribution in [2.24, 2.45) is 0 Å². The number of thiophene rings is 1. The molecule has 0 aliphatic rings. The van der Waals surface area contributed by atoms with Crippen molar-refractivity contribution in [2.75, 3.05) is 0 Å². The van der Waals surface area contributed by atoms with Gasteiger partial charge < -0.3 is 8.83 Å². The van der Waals surface area contributed by atoms with E-state index in [-0.39, 0.29) is 5.92 Å². The Bertz CT molecular complexity index is 675. The third-order valence-corrected chi connectivity index (χ3v) is 4.09. The van der Waals surface area contributed by atoms with Gasteiger partial charge in [-0.15, -0.1) is 31.7 Å². The number of thioether (sulfide) groups is 1. The molecule has 0 aliphatic carbocycles. The van der Waals surface area contributed by atoms with Crippen molar-refractivity contribution >= 4 is 23.1 Å². The molecule has 6 nitrogen and oxygen atoms in total. The fourth-order valence-electron chi connectivity index (χ4n) is 1.45. The first-order chi connectivity index (χ1) is 9.72. The summed E-state index contributed by atoms with van der Waals surface area (Å²) in [5, 5.41) is 18.4. The van der Waals surface area contributed by atoms with Crippen molar-refractivity contribution in [3.63, 3.8) is 0 Å². The standard InChI is InChI=1S/C12H12N4O2S2/c1-7(2)10-14-13-9(17-10)6-20-12-16-15-11(18-12)8-4-3-5-19-8/h3-5,7H,6H2,1-2H3. The van der Waals surface area contributed by atoms with E-state index in [2.05, 4.69) is 20.4 Å². The van der Waals surface area contributed by atoms with Crippen LogP contribution in [0.4, 0.5) is 0 Å². The molecule has 3 aromatic heterocycles. The predicted molar refractivity (Wildman–Crippen MR) is 75.6 cm³/mol. The van der Waals surface area contributed by atoms with Crippen LogP contribution >= 0.6 is 23.1 Å². The molecule has 8 heteroatoms. The lowest BCUT2D eigenvalue weighted by Gasteiger charge is -1.94. The first-order valence-corrected chi connectivity index (χ1v) is 7.91. The predicted octanol–water partition coefficient (Wildman–Crippen LogP) is 3.60. The van der Waals surface area contributed by atoms with E-state index in [0.717, 1.165) is 4.88 Å². The summed E-state index contributed by atoms with van der Waals surface area (Å²) >= 11 is 2.95. The molecule has 3 aromatic rings. The third kappa shape index (κ3) is 2.91. The zero-order chi connectivity index (χ0) is 13.9. The lowest BCUT2D eigenvalue weighted by Crippen LogP contribution is -1.85. The van der Waals surface area contributed by atoms with Crippen LogP contribution in [-0.2, 0) is 5.75 Å². The van der Waals surface area contributed by atoms with E-state index in [1.807, 2.05) is 31.4 Å². The van der Waals surface area contributed by atoms with Gasteiger partial charge in [-0.25, -0.2) is 0 Å². The summed E-state index contributed by atoms with van der Waals surface area (Å²) in [6.45, 7) is 4.02. The van der Waals surface area contributed by atoms with Gasteiger partial charge in [-0.3, -0.25) is 0 Å². The van der Waals surface area contributed by atoms with Crippen molar-refractivity contribution in [1.29, 1.82) is 0 Å². The topological polar surface area (TPSA) is 77.8 Å². The van der Waals surface area contributed by atoms with Crippen LogP contribution in [0.5, 0.6) is 0 Å². The van der Waals surface area contributed by atoms with Crippen molar-refractivity contribution < 1.29 is 8.83 Å². The van der Waals surface area contributed by atoms with Gasteiger partial charge >= 0.3 is 0 Å². The Morgan fingerprint density at radius 3 is 2.80 bits per heavy atom. The van der Waals surface area contributed by atoms with Gasteiger partial charge in [0.05, 0.1) is 10.6 Å². The maximum Gasteiger partial charge on any atom is 0.277 e. The molecule has 0 spiro atoms. The number of nitrogens with zero attached hydrogens (tertiary/aromatic N) is 4. The molecular weight excluding hydrogens is 296 g/mol. The van der Waals surface area contributed by atoms with E-state index in [9.17, 15) is 0 Å². The summed E-state index contributed by atoms with van der Waals surface area (Å²) < 4.78 is 11.1. The van der Waals surface area contributed by atoms with Crippen LogP contribution in [0, 0.1) is 0 Å². The van der Waals surface area contributed by atoms with Gasteiger partial charge in [0.25, 0.3) is 11.1 Å². The van der Waals surface area contributed by atoms with Crippen LogP contribution in [0.25, 0.3) is 10.8 Å². The van der Waals surface area contributed by atoms with Gasteiger partial charge in [0.1, 0.15) is 0 Å². The zero-order valence-corrected chi connectivity index (χ0v) is 12.6. The van der Waals surface area contributed by atoms with E-state index in [4.69, 9.17) is 8.83 Å². The molecule has 0 unspecified atom stereocenters. The van der Waals surface area contributed by atoms with Crippen LogP contribution in [0.2, 0.25) is 0 Å². The molecule has 0 atom stereocenters. The second-order valence-corrected chi connectivity index (χ2v) is 6.20. The summed E-state index contributed by atoms with van der Waals surface area (Å²) in [4.78, 5) is 0.962. The van der Waals surface area contributed by atoms with E-state index >= 15 is 0 Å². The molecule has 20 heavy (non-hydrogen) atoms. The van der Waals surface area contributed by atoms with Crippen molar-refractivity contribution in [1.82, 2.24) is 20.4 Å². The zero-order valence-electron chi connectivity index (χ0n) is 10.9. The lowest BCUT2D eigenvalue weighted by atomic mass is 10.2. The molecule has 0 aliphatic heterocycles. The first-order valence-electron chi connectivity index (χ1n) is 6.05. The van der Waals surface area contributed by atoms with Gasteiger partial charge in [-0.2, -0.15) is 0 Å². The summed E-state index contributed by atoms with van der Waals surface area (Å²) in [6, 6.07) is 3.89. The Labute approximate surface area is 123 Å². The minimum absolute atomic E-state index is 0.232. The van der Waals surface area contributed by atoms with E-state index < -0.39 is 0 Å². The van der Waals surface area contributed by atoms with Gasteiger partial charge in [-0.05, 0) is 11.4 Å². The molecule has 0 bridgehead atoms. The van der Waals surface area contributed by atoms with E-state index in [0.29, 0.717) is 28.6 Å².